The number of ether oxygens (including phenoxy) is 1. The Balaban J connectivity index is 1.48. The summed E-state index contributed by atoms with van der Waals surface area (Å²) in [6, 6.07) is 2.03. The number of piperazine rings is 1. The molecule has 0 unspecified atom stereocenters. The predicted octanol–water partition coefficient (Wildman–Crippen LogP) is 0.0419. The molecule has 2 fully saturated rings. The van der Waals surface area contributed by atoms with Crippen LogP contribution in [0.1, 0.15) is 5.69 Å². The zero-order valence-electron chi connectivity index (χ0n) is 15.8. The standard InChI is InChI=1S/C18H25N7O2/c1-14-13-15(21-18(20-14)25-9-11-27-12-10-25)23-5-7-24(8-6-23)16-17(26)22(2)4-3-19-16/h3-4,13H,5-12H2,1-2H3. The van der Waals surface area contributed by atoms with E-state index in [-0.39, 0.29) is 5.56 Å². The SMILES string of the molecule is Cc1cc(N2CCN(c3nccn(C)c3=O)CC2)nc(N2CCOCC2)n1. The van der Waals surface area contributed by atoms with Crippen molar-refractivity contribution in [2.75, 3.05) is 67.2 Å². The molecule has 0 aromatic carbocycles. The van der Waals surface area contributed by atoms with Crippen molar-refractivity contribution in [2.24, 2.45) is 7.05 Å². The van der Waals surface area contributed by atoms with Gasteiger partial charge in [-0.15, -0.1) is 0 Å². The lowest BCUT2D eigenvalue weighted by atomic mass is 10.3. The lowest BCUT2D eigenvalue weighted by molar-refractivity contribution is 0.122. The first kappa shape index (κ1) is 17.7. The lowest BCUT2D eigenvalue weighted by Crippen LogP contribution is -2.49. The zero-order valence-corrected chi connectivity index (χ0v) is 15.8. The number of rotatable bonds is 3. The van der Waals surface area contributed by atoms with E-state index in [2.05, 4.69) is 24.7 Å². The second-order valence-electron chi connectivity index (χ2n) is 6.91. The fourth-order valence-electron chi connectivity index (χ4n) is 3.45. The smallest absolute Gasteiger partial charge is 0.293 e. The summed E-state index contributed by atoms with van der Waals surface area (Å²) >= 11 is 0. The molecule has 9 nitrogen and oxygen atoms in total. The molecular weight excluding hydrogens is 346 g/mol. The van der Waals surface area contributed by atoms with Crippen molar-refractivity contribution in [3.63, 3.8) is 0 Å². The Morgan fingerprint density at radius 1 is 0.963 bits per heavy atom. The summed E-state index contributed by atoms with van der Waals surface area (Å²) in [5, 5.41) is 0. The minimum Gasteiger partial charge on any atom is -0.378 e. The van der Waals surface area contributed by atoms with Crippen molar-refractivity contribution < 1.29 is 4.74 Å². The second kappa shape index (κ2) is 7.51. The van der Waals surface area contributed by atoms with Crippen LogP contribution in [0.15, 0.2) is 23.3 Å². The van der Waals surface area contributed by atoms with E-state index in [1.807, 2.05) is 13.0 Å². The third kappa shape index (κ3) is 3.73. The molecule has 9 heteroatoms. The Labute approximate surface area is 158 Å². The molecule has 0 saturated carbocycles. The minimum absolute atomic E-state index is 0.0570. The summed E-state index contributed by atoms with van der Waals surface area (Å²) in [6.45, 7) is 8.12. The minimum atomic E-state index is -0.0570. The topological polar surface area (TPSA) is 79.6 Å². The van der Waals surface area contributed by atoms with Crippen molar-refractivity contribution >= 4 is 17.6 Å². The van der Waals surface area contributed by atoms with Crippen LogP contribution in [0.4, 0.5) is 17.6 Å². The second-order valence-corrected chi connectivity index (χ2v) is 6.91. The number of aromatic nitrogens is 4. The van der Waals surface area contributed by atoms with Crippen LogP contribution in [0.3, 0.4) is 0 Å². The number of hydrogen-bond acceptors (Lipinski definition) is 8. The highest BCUT2D eigenvalue weighted by Crippen LogP contribution is 2.20. The maximum Gasteiger partial charge on any atom is 0.293 e. The largest absolute Gasteiger partial charge is 0.378 e. The van der Waals surface area contributed by atoms with Crippen LogP contribution in [0.25, 0.3) is 0 Å². The average molecular weight is 371 g/mol. The maximum absolute atomic E-state index is 12.3. The van der Waals surface area contributed by atoms with Crippen LogP contribution in [0, 0.1) is 6.92 Å². The van der Waals surface area contributed by atoms with E-state index in [1.54, 1.807) is 24.0 Å². The number of hydrogen-bond donors (Lipinski definition) is 0. The quantitative estimate of drug-likeness (QED) is 0.748. The Kier molecular flexibility index (Phi) is 4.93. The van der Waals surface area contributed by atoms with Gasteiger partial charge in [-0.25, -0.2) is 9.97 Å². The molecule has 2 aliphatic rings. The van der Waals surface area contributed by atoms with E-state index < -0.39 is 0 Å². The molecule has 4 heterocycles. The molecular formula is C18H25N7O2. The summed E-state index contributed by atoms with van der Waals surface area (Å²) in [5.74, 6) is 2.24. The Bertz CT molecular complexity index is 855. The molecule has 0 spiro atoms. The number of anilines is 3. The average Bonchev–Trinajstić information content (AvgIpc) is 2.70. The highest BCUT2D eigenvalue weighted by molar-refractivity contribution is 5.48. The van der Waals surface area contributed by atoms with Gasteiger partial charge in [-0.2, -0.15) is 4.98 Å². The first-order valence-corrected chi connectivity index (χ1v) is 9.32. The summed E-state index contributed by atoms with van der Waals surface area (Å²) in [4.78, 5) is 32.5. The van der Waals surface area contributed by atoms with Crippen LogP contribution < -0.4 is 20.3 Å². The molecule has 2 saturated heterocycles. The van der Waals surface area contributed by atoms with Gasteiger partial charge in [0.05, 0.1) is 13.2 Å². The zero-order chi connectivity index (χ0) is 18.8. The lowest BCUT2D eigenvalue weighted by Gasteiger charge is -2.36. The normalized spacial score (nSPS) is 18.1. The van der Waals surface area contributed by atoms with Crippen molar-refractivity contribution in [1.29, 1.82) is 0 Å². The molecule has 0 atom stereocenters. The van der Waals surface area contributed by atoms with Crippen LogP contribution in [0.2, 0.25) is 0 Å². The molecule has 4 rings (SSSR count). The van der Waals surface area contributed by atoms with E-state index in [9.17, 15) is 4.79 Å². The van der Waals surface area contributed by atoms with Gasteiger partial charge in [-0.05, 0) is 6.92 Å². The number of morpholine rings is 1. The van der Waals surface area contributed by atoms with Crippen LogP contribution >= 0.6 is 0 Å². The van der Waals surface area contributed by atoms with Gasteiger partial charge in [-0.3, -0.25) is 4.79 Å². The summed E-state index contributed by atoms with van der Waals surface area (Å²) < 4.78 is 6.99. The molecule has 2 aromatic heterocycles. The monoisotopic (exact) mass is 371 g/mol. The van der Waals surface area contributed by atoms with E-state index in [1.165, 1.54) is 0 Å². The summed E-state index contributed by atoms with van der Waals surface area (Å²) in [5.41, 5.74) is 0.904. The third-order valence-corrected chi connectivity index (χ3v) is 5.02. The number of nitrogens with zero attached hydrogens (tertiary/aromatic N) is 7. The summed E-state index contributed by atoms with van der Waals surface area (Å²) in [6.07, 6.45) is 3.35. The van der Waals surface area contributed by atoms with Crippen LogP contribution in [0.5, 0.6) is 0 Å². The van der Waals surface area contributed by atoms with Gasteiger partial charge in [0, 0.05) is 70.5 Å². The van der Waals surface area contributed by atoms with Crippen LogP contribution in [-0.2, 0) is 11.8 Å². The Hall–Kier alpha value is -2.68. The highest BCUT2D eigenvalue weighted by Gasteiger charge is 2.23. The fourth-order valence-corrected chi connectivity index (χ4v) is 3.45. The van der Waals surface area contributed by atoms with Gasteiger partial charge in [0.1, 0.15) is 5.82 Å². The Morgan fingerprint density at radius 3 is 2.41 bits per heavy atom. The molecule has 0 N–H and O–H groups in total. The van der Waals surface area contributed by atoms with E-state index in [4.69, 9.17) is 9.72 Å². The first-order chi connectivity index (χ1) is 13.1. The summed E-state index contributed by atoms with van der Waals surface area (Å²) in [7, 11) is 1.75. The van der Waals surface area contributed by atoms with E-state index in [0.29, 0.717) is 19.0 Å². The van der Waals surface area contributed by atoms with Crippen molar-refractivity contribution in [1.82, 2.24) is 19.5 Å². The molecule has 144 valence electrons. The molecule has 0 amide bonds. The van der Waals surface area contributed by atoms with Crippen molar-refractivity contribution in [3.05, 3.63) is 34.5 Å². The van der Waals surface area contributed by atoms with E-state index >= 15 is 0 Å². The number of aryl methyl sites for hydroxylation is 2. The molecule has 0 radical (unpaired) electrons. The van der Waals surface area contributed by atoms with Crippen molar-refractivity contribution in [3.8, 4) is 0 Å². The molecule has 0 aliphatic carbocycles. The predicted molar refractivity (Wildman–Crippen MR) is 104 cm³/mol. The third-order valence-electron chi connectivity index (χ3n) is 5.02. The maximum atomic E-state index is 12.3. The Morgan fingerprint density at radius 2 is 1.67 bits per heavy atom. The fraction of sp³-hybridized carbons (Fsp3) is 0.556. The van der Waals surface area contributed by atoms with Gasteiger partial charge in [-0.1, -0.05) is 0 Å². The van der Waals surface area contributed by atoms with Gasteiger partial charge >= 0.3 is 0 Å². The molecule has 27 heavy (non-hydrogen) atoms. The van der Waals surface area contributed by atoms with Gasteiger partial charge in [0.2, 0.25) is 5.95 Å². The van der Waals surface area contributed by atoms with Crippen LogP contribution in [-0.4, -0.2) is 72.0 Å². The highest BCUT2D eigenvalue weighted by atomic mass is 16.5. The molecule has 0 bridgehead atoms. The first-order valence-electron chi connectivity index (χ1n) is 9.32. The van der Waals surface area contributed by atoms with Crippen molar-refractivity contribution in [2.45, 2.75) is 6.92 Å². The van der Waals surface area contributed by atoms with Gasteiger partial charge in [0.15, 0.2) is 5.82 Å². The molecule has 2 aliphatic heterocycles. The molecule has 2 aromatic rings. The van der Waals surface area contributed by atoms with Gasteiger partial charge in [0.25, 0.3) is 5.56 Å². The van der Waals surface area contributed by atoms with E-state index in [0.717, 1.165) is 56.7 Å². The van der Waals surface area contributed by atoms with Gasteiger partial charge < -0.3 is 24.0 Å².